The predicted molar refractivity (Wildman–Crippen MR) is 172 cm³/mol. The van der Waals surface area contributed by atoms with Gasteiger partial charge in [-0.3, -0.25) is 15.2 Å². The highest BCUT2D eigenvalue weighted by atomic mass is 16.1. The summed E-state index contributed by atoms with van der Waals surface area (Å²) in [5.74, 6) is 0.509. The van der Waals surface area contributed by atoms with Gasteiger partial charge in [-0.05, 0) is 67.7 Å². The van der Waals surface area contributed by atoms with Gasteiger partial charge in [-0.25, -0.2) is 4.98 Å². The average molecular weight is 559 g/mol. The molecule has 3 aromatic heterocycles. The second-order valence-electron chi connectivity index (χ2n) is 11.1. The minimum absolute atomic E-state index is 0.0707. The Morgan fingerprint density at radius 1 is 1.14 bits per heavy atom. The van der Waals surface area contributed by atoms with Crippen LogP contribution in [0.15, 0.2) is 91.4 Å². The molecule has 214 valence electrons. The Balaban J connectivity index is 1.47. The summed E-state index contributed by atoms with van der Waals surface area (Å²) in [4.78, 5) is 25.3. The van der Waals surface area contributed by atoms with Crippen molar-refractivity contribution in [1.82, 2.24) is 20.3 Å². The fraction of sp³-hybridized carbons (Fsp3) is 0.257. The Labute approximate surface area is 247 Å². The lowest BCUT2D eigenvalue weighted by molar-refractivity contribution is -0.125. The van der Waals surface area contributed by atoms with E-state index in [1.54, 1.807) is 12.4 Å². The van der Waals surface area contributed by atoms with Crippen molar-refractivity contribution in [3.05, 3.63) is 108 Å². The van der Waals surface area contributed by atoms with E-state index < -0.39 is 0 Å². The summed E-state index contributed by atoms with van der Waals surface area (Å²) >= 11 is 0. The molecule has 7 heteroatoms. The van der Waals surface area contributed by atoms with Crippen LogP contribution in [0.4, 0.5) is 5.82 Å². The zero-order valence-electron chi connectivity index (χ0n) is 24.3. The predicted octanol–water partition coefficient (Wildman–Crippen LogP) is 7.43. The van der Waals surface area contributed by atoms with Gasteiger partial charge in [0.1, 0.15) is 5.82 Å². The minimum Gasteiger partial charge on any atom is -0.383 e. The largest absolute Gasteiger partial charge is 0.383 e. The molecule has 0 bridgehead atoms. The van der Waals surface area contributed by atoms with Crippen LogP contribution < -0.4 is 11.1 Å². The summed E-state index contributed by atoms with van der Waals surface area (Å²) in [5.41, 5.74) is 12.9. The van der Waals surface area contributed by atoms with E-state index in [0.29, 0.717) is 11.3 Å². The van der Waals surface area contributed by atoms with Gasteiger partial charge in [-0.2, -0.15) is 0 Å². The molecule has 0 radical (unpaired) electrons. The molecule has 5 rings (SSSR count). The van der Waals surface area contributed by atoms with Crippen LogP contribution in [0.5, 0.6) is 0 Å². The van der Waals surface area contributed by atoms with E-state index in [1.807, 2.05) is 74.5 Å². The Morgan fingerprint density at radius 3 is 2.69 bits per heavy atom. The van der Waals surface area contributed by atoms with Gasteiger partial charge in [-0.15, -0.1) is 6.58 Å². The van der Waals surface area contributed by atoms with E-state index in [-0.39, 0.29) is 29.3 Å². The van der Waals surface area contributed by atoms with Crippen LogP contribution in [-0.4, -0.2) is 26.6 Å². The van der Waals surface area contributed by atoms with Gasteiger partial charge in [0.05, 0.1) is 17.1 Å². The molecule has 1 aliphatic rings. The third kappa shape index (κ3) is 6.41. The number of fused-ring (bicyclic) bond motifs is 1. The molecule has 1 aromatic carbocycles. The number of carbonyl (C=O) groups is 1. The van der Waals surface area contributed by atoms with Crippen molar-refractivity contribution in [3.63, 3.8) is 0 Å². The Hall–Kier alpha value is -4.78. The number of anilines is 1. The van der Waals surface area contributed by atoms with Crippen LogP contribution in [0.25, 0.3) is 27.7 Å². The first-order valence-corrected chi connectivity index (χ1v) is 14.6. The van der Waals surface area contributed by atoms with E-state index in [2.05, 4.69) is 32.9 Å². The summed E-state index contributed by atoms with van der Waals surface area (Å²) in [6.45, 7) is 7.89. The monoisotopic (exact) mass is 558 g/mol. The van der Waals surface area contributed by atoms with E-state index in [1.165, 1.54) is 6.42 Å². The molecule has 1 saturated carbocycles. The number of nitrogens with one attached hydrogen (secondary N) is 3. The number of nitrogen functional groups attached to an aromatic ring is 1. The standard InChI is InChI=1S/C35H38N6O/c1-4-22(2)17-25(18-23(3)40-35(42)24-11-6-5-7-12-24)26-19-29(34(37)39-21-26)33(36)32-20-28-27(13-10-15-31(28)41-32)30-14-8-9-16-38-30/h4,8-10,13-22,24,36,41H,1,5-7,11-12H2,2-3H3,(H2,37,39)(H,40,42)/b23-18+,25-17+,36-33?/t22-/m0/s1. The van der Waals surface area contributed by atoms with E-state index in [4.69, 9.17) is 11.1 Å². The van der Waals surface area contributed by atoms with E-state index in [0.717, 1.165) is 64.7 Å². The number of H-pyrrole nitrogens is 1. The van der Waals surface area contributed by atoms with Gasteiger partial charge in [0, 0.05) is 51.6 Å². The third-order valence-corrected chi connectivity index (χ3v) is 7.88. The maximum absolute atomic E-state index is 12.9. The number of hydrogen-bond donors (Lipinski definition) is 4. The molecule has 1 atom stereocenters. The normalized spacial score (nSPS) is 15.4. The summed E-state index contributed by atoms with van der Waals surface area (Å²) < 4.78 is 0. The molecular formula is C35H38N6O. The van der Waals surface area contributed by atoms with Crippen molar-refractivity contribution in [2.24, 2.45) is 11.8 Å². The molecule has 1 aliphatic carbocycles. The number of pyridine rings is 2. The van der Waals surface area contributed by atoms with Crippen molar-refractivity contribution in [2.45, 2.75) is 46.0 Å². The SMILES string of the molecule is C=C[C@H](C)/C=C(\C=C(/C)NC(=O)C1CCCCC1)c1cnc(N)c(C(=N)c2cc3c(-c4ccccn4)cccc3[nH]2)c1. The Morgan fingerprint density at radius 2 is 1.95 bits per heavy atom. The third-order valence-electron chi connectivity index (χ3n) is 7.88. The van der Waals surface area contributed by atoms with Crippen molar-refractivity contribution < 1.29 is 4.79 Å². The van der Waals surface area contributed by atoms with Gasteiger partial charge in [-0.1, -0.05) is 56.5 Å². The minimum atomic E-state index is 0.0707. The number of nitrogens with zero attached hydrogens (tertiary/aromatic N) is 2. The molecular weight excluding hydrogens is 520 g/mol. The van der Waals surface area contributed by atoms with Gasteiger partial charge in [0.15, 0.2) is 0 Å². The quantitative estimate of drug-likeness (QED) is 0.0970. The van der Waals surface area contributed by atoms with Gasteiger partial charge < -0.3 is 16.0 Å². The maximum Gasteiger partial charge on any atom is 0.227 e. The first kappa shape index (κ1) is 28.7. The van der Waals surface area contributed by atoms with Crippen molar-refractivity contribution in [2.75, 3.05) is 5.73 Å². The fourth-order valence-electron chi connectivity index (χ4n) is 5.52. The van der Waals surface area contributed by atoms with Gasteiger partial charge in [0.25, 0.3) is 0 Å². The molecule has 1 fully saturated rings. The lowest BCUT2D eigenvalue weighted by atomic mass is 9.88. The first-order valence-electron chi connectivity index (χ1n) is 14.6. The second kappa shape index (κ2) is 12.8. The number of benzene rings is 1. The number of carbonyl (C=O) groups excluding carboxylic acids is 1. The summed E-state index contributed by atoms with van der Waals surface area (Å²) in [5, 5.41) is 13.2. The van der Waals surface area contributed by atoms with Gasteiger partial charge in [0.2, 0.25) is 5.91 Å². The molecule has 4 aromatic rings. The molecule has 0 spiro atoms. The maximum atomic E-state index is 12.9. The number of nitrogens with two attached hydrogens (primary N) is 1. The lowest BCUT2D eigenvalue weighted by Gasteiger charge is -2.21. The van der Waals surface area contributed by atoms with Crippen LogP contribution in [0.2, 0.25) is 0 Å². The van der Waals surface area contributed by atoms with Crippen molar-refractivity contribution in [1.29, 1.82) is 5.41 Å². The zero-order chi connectivity index (χ0) is 29.6. The highest BCUT2D eigenvalue weighted by molar-refractivity contribution is 6.15. The summed E-state index contributed by atoms with van der Waals surface area (Å²) in [7, 11) is 0. The fourth-order valence-corrected chi connectivity index (χ4v) is 5.52. The van der Waals surface area contributed by atoms with Crippen LogP contribution in [0.3, 0.4) is 0 Å². The average Bonchev–Trinajstić information content (AvgIpc) is 3.46. The number of rotatable bonds is 9. The number of aromatic nitrogens is 3. The number of aromatic amines is 1. The lowest BCUT2D eigenvalue weighted by Crippen LogP contribution is -2.30. The Kier molecular flexibility index (Phi) is 8.77. The molecule has 0 aliphatic heterocycles. The van der Waals surface area contributed by atoms with Crippen LogP contribution >= 0.6 is 0 Å². The van der Waals surface area contributed by atoms with Gasteiger partial charge >= 0.3 is 0 Å². The first-order chi connectivity index (χ1) is 20.3. The summed E-state index contributed by atoms with van der Waals surface area (Å²) in [6.07, 6.45) is 14.7. The molecule has 3 heterocycles. The molecule has 0 saturated heterocycles. The topological polar surface area (TPSA) is 121 Å². The molecule has 7 nitrogen and oxygen atoms in total. The van der Waals surface area contributed by atoms with E-state index >= 15 is 0 Å². The van der Waals surface area contributed by atoms with Crippen molar-refractivity contribution in [3.8, 4) is 11.3 Å². The zero-order valence-corrected chi connectivity index (χ0v) is 24.3. The van der Waals surface area contributed by atoms with E-state index in [9.17, 15) is 4.79 Å². The second-order valence-corrected chi connectivity index (χ2v) is 11.1. The molecule has 0 unspecified atom stereocenters. The molecule has 1 amide bonds. The van der Waals surface area contributed by atoms with Crippen LogP contribution in [0, 0.1) is 17.2 Å². The number of hydrogen-bond acceptors (Lipinski definition) is 5. The Bertz CT molecular complexity index is 1670. The number of allylic oxidation sites excluding steroid dienone is 5. The summed E-state index contributed by atoms with van der Waals surface area (Å²) in [6, 6.07) is 15.7. The molecule has 5 N–H and O–H groups in total. The van der Waals surface area contributed by atoms with Crippen LogP contribution in [0.1, 0.15) is 62.8 Å². The smallest absolute Gasteiger partial charge is 0.227 e. The molecule has 42 heavy (non-hydrogen) atoms. The highest BCUT2D eigenvalue weighted by Gasteiger charge is 2.21. The van der Waals surface area contributed by atoms with Crippen molar-refractivity contribution >= 4 is 33.9 Å². The van der Waals surface area contributed by atoms with Crippen LogP contribution in [-0.2, 0) is 4.79 Å². The number of amides is 1. The highest BCUT2D eigenvalue weighted by Crippen LogP contribution is 2.30.